The van der Waals surface area contributed by atoms with Crippen molar-refractivity contribution >= 4 is 34.8 Å². The standard InChI is InChI=1S/C18H20Cl2N2O/c1-13(2)22(11-14-6-4-3-5-7-14)12-18(23)21-15-8-9-16(19)17(20)10-15/h3-10,13H,11-12H2,1-2H3,(H,21,23). The SMILES string of the molecule is CC(C)N(CC(=O)Nc1ccc(Cl)c(Cl)c1)Cc1ccccc1. The molecule has 0 atom stereocenters. The molecule has 0 bridgehead atoms. The van der Waals surface area contributed by atoms with Crippen molar-refractivity contribution in [3.8, 4) is 0 Å². The van der Waals surface area contributed by atoms with Crippen molar-refractivity contribution in [2.45, 2.75) is 26.4 Å². The molecular formula is C18H20Cl2N2O. The smallest absolute Gasteiger partial charge is 0.238 e. The summed E-state index contributed by atoms with van der Waals surface area (Å²) in [6.07, 6.45) is 0. The van der Waals surface area contributed by atoms with E-state index in [9.17, 15) is 4.79 Å². The zero-order chi connectivity index (χ0) is 16.8. The maximum absolute atomic E-state index is 12.3. The molecule has 0 saturated carbocycles. The van der Waals surface area contributed by atoms with E-state index in [4.69, 9.17) is 23.2 Å². The molecule has 0 aliphatic heterocycles. The van der Waals surface area contributed by atoms with E-state index >= 15 is 0 Å². The van der Waals surface area contributed by atoms with Crippen LogP contribution in [0.25, 0.3) is 0 Å². The predicted octanol–water partition coefficient (Wildman–Crippen LogP) is 4.84. The van der Waals surface area contributed by atoms with Gasteiger partial charge in [0.25, 0.3) is 0 Å². The van der Waals surface area contributed by atoms with Gasteiger partial charge >= 0.3 is 0 Å². The van der Waals surface area contributed by atoms with Crippen LogP contribution in [-0.2, 0) is 11.3 Å². The summed E-state index contributed by atoms with van der Waals surface area (Å²) in [5.41, 5.74) is 1.83. The molecule has 3 nitrogen and oxygen atoms in total. The van der Waals surface area contributed by atoms with Crippen LogP contribution in [0, 0.1) is 0 Å². The minimum Gasteiger partial charge on any atom is -0.325 e. The summed E-state index contributed by atoms with van der Waals surface area (Å²) in [5.74, 6) is -0.0759. The lowest BCUT2D eigenvalue weighted by Crippen LogP contribution is -2.37. The third kappa shape index (κ3) is 5.54. The number of carbonyl (C=O) groups excluding carboxylic acids is 1. The van der Waals surface area contributed by atoms with Crippen LogP contribution in [0.5, 0.6) is 0 Å². The number of anilines is 1. The second kappa shape index (κ2) is 8.34. The van der Waals surface area contributed by atoms with Crippen molar-refractivity contribution in [1.82, 2.24) is 4.90 Å². The quantitative estimate of drug-likeness (QED) is 0.807. The molecule has 0 fully saturated rings. The highest BCUT2D eigenvalue weighted by atomic mass is 35.5. The molecule has 122 valence electrons. The van der Waals surface area contributed by atoms with E-state index < -0.39 is 0 Å². The summed E-state index contributed by atoms with van der Waals surface area (Å²) in [7, 11) is 0. The molecule has 0 aliphatic rings. The van der Waals surface area contributed by atoms with E-state index in [0.717, 1.165) is 6.54 Å². The molecule has 0 aromatic heterocycles. The van der Waals surface area contributed by atoms with Gasteiger partial charge in [-0.05, 0) is 37.6 Å². The summed E-state index contributed by atoms with van der Waals surface area (Å²) in [5, 5.41) is 3.75. The van der Waals surface area contributed by atoms with Crippen molar-refractivity contribution in [1.29, 1.82) is 0 Å². The number of carbonyl (C=O) groups is 1. The molecule has 1 N–H and O–H groups in total. The van der Waals surface area contributed by atoms with E-state index in [1.807, 2.05) is 18.2 Å². The largest absolute Gasteiger partial charge is 0.325 e. The lowest BCUT2D eigenvalue weighted by Gasteiger charge is -2.26. The van der Waals surface area contributed by atoms with Crippen LogP contribution in [-0.4, -0.2) is 23.4 Å². The summed E-state index contributed by atoms with van der Waals surface area (Å²) in [6.45, 7) is 5.20. The lowest BCUT2D eigenvalue weighted by molar-refractivity contribution is -0.117. The van der Waals surface area contributed by atoms with Gasteiger partial charge in [0.2, 0.25) is 5.91 Å². The molecule has 0 radical (unpaired) electrons. The molecule has 23 heavy (non-hydrogen) atoms. The fourth-order valence-electron chi connectivity index (χ4n) is 2.20. The molecule has 2 aromatic rings. The summed E-state index contributed by atoms with van der Waals surface area (Å²) < 4.78 is 0. The van der Waals surface area contributed by atoms with Gasteiger partial charge in [-0.2, -0.15) is 0 Å². The number of amides is 1. The van der Waals surface area contributed by atoms with Crippen LogP contribution in [0.2, 0.25) is 10.0 Å². The summed E-state index contributed by atoms with van der Waals surface area (Å²) in [6, 6.07) is 15.4. The van der Waals surface area contributed by atoms with Crippen LogP contribution < -0.4 is 5.32 Å². The first-order chi connectivity index (χ1) is 11.0. The number of nitrogens with one attached hydrogen (secondary N) is 1. The zero-order valence-electron chi connectivity index (χ0n) is 13.2. The Morgan fingerprint density at radius 3 is 2.39 bits per heavy atom. The molecule has 5 heteroatoms. The van der Waals surface area contributed by atoms with Gasteiger partial charge in [-0.15, -0.1) is 0 Å². The van der Waals surface area contributed by atoms with Crippen molar-refractivity contribution in [3.63, 3.8) is 0 Å². The Bertz CT molecular complexity index is 659. The summed E-state index contributed by atoms with van der Waals surface area (Å²) >= 11 is 11.8. The Morgan fingerprint density at radius 2 is 1.78 bits per heavy atom. The highest BCUT2D eigenvalue weighted by Crippen LogP contribution is 2.25. The van der Waals surface area contributed by atoms with E-state index in [-0.39, 0.29) is 11.9 Å². The number of rotatable bonds is 6. The van der Waals surface area contributed by atoms with Crippen molar-refractivity contribution in [2.24, 2.45) is 0 Å². The fourth-order valence-corrected chi connectivity index (χ4v) is 2.50. The number of hydrogen-bond acceptors (Lipinski definition) is 2. The molecule has 2 aromatic carbocycles. The molecule has 1 amide bonds. The van der Waals surface area contributed by atoms with Gasteiger partial charge in [-0.3, -0.25) is 9.69 Å². The molecule has 0 spiro atoms. The van der Waals surface area contributed by atoms with Crippen LogP contribution >= 0.6 is 23.2 Å². The van der Waals surface area contributed by atoms with Crippen molar-refractivity contribution in [3.05, 3.63) is 64.1 Å². The molecule has 0 aliphatic carbocycles. The Hall–Kier alpha value is -1.55. The second-order valence-corrected chi connectivity index (χ2v) is 6.48. The van der Waals surface area contributed by atoms with E-state index in [1.54, 1.807) is 18.2 Å². The second-order valence-electron chi connectivity index (χ2n) is 5.66. The number of nitrogens with zero attached hydrogens (tertiary/aromatic N) is 1. The van der Waals surface area contributed by atoms with Gasteiger partial charge in [-0.1, -0.05) is 53.5 Å². The number of benzene rings is 2. The molecule has 0 unspecified atom stereocenters. The highest BCUT2D eigenvalue weighted by Gasteiger charge is 2.15. The average molecular weight is 351 g/mol. The van der Waals surface area contributed by atoms with Crippen LogP contribution in [0.1, 0.15) is 19.4 Å². The van der Waals surface area contributed by atoms with Gasteiger partial charge in [-0.25, -0.2) is 0 Å². The first kappa shape index (κ1) is 17.8. The van der Waals surface area contributed by atoms with Crippen molar-refractivity contribution in [2.75, 3.05) is 11.9 Å². The molecule has 2 rings (SSSR count). The van der Waals surface area contributed by atoms with Gasteiger partial charge in [0, 0.05) is 18.3 Å². The normalized spacial score (nSPS) is 11.0. The third-order valence-corrected chi connectivity index (χ3v) is 4.25. The first-order valence-corrected chi connectivity index (χ1v) is 8.24. The minimum absolute atomic E-state index is 0.0759. The number of halogens is 2. The Balaban J connectivity index is 1.99. The number of hydrogen-bond donors (Lipinski definition) is 1. The Labute approximate surface area is 147 Å². The summed E-state index contributed by atoms with van der Waals surface area (Å²) in [4.78, 5) is 14.4. The maximum Gasteiger partial charge on any atom is 0.238 e. The van der Waals surface area contributed by atoms with E-state index in [2.05, 4.69) is 36.2 Å². The lowest BCUT2D eigenvalue weighted by atomic mass is 10.2. The van der Waals surface area contributed by atoms with E-state index in [0.29, 0.717) is 22.3 Å². The molecule has 0 saturated heterocycles. The molecule has 0 heterocycles. The maximum atomic E-state index is 12.3. The minimum atomic E-state index is -0.0759. The van der Waals surface area contributed by atoms with E-state index in [1.165, 1.54) is 5.56 Å². The van der Waals surface area contributed by atoms with Crippen molar-refractivity contribution < 1.29 is 4.79 Å². The fraction of sp³-hybridized carbons (Fsp3) is 0.278. The van der Waals surface area contributed by atoms with Gasteiger partial charge in [0.15, 0.2) is 0 Å². The molecular weight excluding hydrogens is 331 g/mol. The topological polar surface area (TPSA) is 32.3 Å². The zero-order valence-corrected chi connectivity index (χ0v) is 14.7. The van der Waals surface area contributed by atoms with Crippen LogP contribution in [0.4, 0.5) is 5.69 Å². The third-order valence-electron chi connectivity index (χ3n) is 3.51. The monoisotopic (exact) mass is 350 g/mol. The van der Waals surface area contributed by atoms with Gasteiger partial charge in [0.05, 0.1) is 16.6 Å². The Morgan fingerprint density at radius 1 is 1.09 bits per heavy atom. The van der Waals surface area contributed by atoms with Crippen LogP contribution in [0.3, 0.4) is 0 Å². The van der Waals surface area contributed by atoms with Gasteiger partial charge < -0.3 is 5.32 Å². The van der Waals surface area contributed by atoms with Gasteiger partial charge in [0.1, 0.15) is 0 Å². The first-order valence-electron chi connectivity index (χ1n) is 7.48. The van der Waals surface area contributed by atoms with Crippen LogP contribution in [0.15, 0.2) is 48.5 Å². The predicted molar refractivity (Wildman–Crippen MR) is 97.1 cm³/mol. The average Bonchev–Trinajstić information content (AvgIpc) is 2.51. The highest BCUT2D eigenvalue weighted by molar-refractivity contribution is 6.42. The Kier molecular flexibility index (Phi) is 6.46.